The number of carbonyl (C=O) groups excluding carboxylic acids is 3. The van der Waals surface area contributed by atoms with Gasteiger partial charge in [0, 0.05) is 37.1 Å². The molecule has 4 rings (SSSR count). The molecule has 29 heteroatoms. The zero-order valence-corrected chi connectivity index (χ0v) is 37.4. The first-order chi connectivity index (χ1) is 27.1. The van der Waals surface area contributed by atoms with E-state index in [1.54, 1.807) is 0 Å². The summed E-state index contributed by atoms with van der Waals surface area (Å²) in [6, 6.07) is 9.52. The van der Waals surface area contributed by atoms with Crippen molar-refractivity contribution in [3.8, 4) is 0 Å². The SMILES string of the molecule is CC(C)(COP(=O)(O)OP(=O)(O)OC[C@H]1O[C@@H](n2cnc3c(N)ncnc32)[C@H](O)[C@@H]1OP(=O)(O)O)[C@@H](O)C(=O)NCCC(=O)NCCSC(=O)CCc1ccccc1.[H-].[Na+]. The van der Waals surface area contributed by atoms with Crippen molar-refractivity contribution in [2.75, 3.05) is 37.8 Å². The van der Waals surface area contributed by atoms with E-state index >= 15 is 0 Å². The molecule has 0 saturated carbocycles. The van der Waals surface area contributed by atoms with E-state index in [1.807, 2.05) is 30.3 Å². The normalized spacial score (nSPS) is 20.9. The molecule has 0 aliphatic carbocycles. The summed E-state index contributed by atoms with van der Waals surface area (Å²) in [6.07, 6.45) is -5.96. The third kappa shape index (κ3) is 15.9. The second-order valence-corrected chi connectivity index (χ2v) is 18.7. The minimum absolute atomic E-state index is 0. The third-order valence-electron chi connectivity index (χ3n) is 8.23. The van der Waals surface area contributed by atoms with Crippen molar-refractivity contribution in [1.82, 2.24) is 30.2 Å². The molecule has 2 aromatic heterocycles. The summed E-state index contributed by atoms with van der Waals surface area (Å²) in [5, 5.41) is 26.4. The van der Waals surface area contributed by atoms with Gasteiger partial charge in [-0.1, -0.05) is 55.9 Å². The van der Waals surface area contributed by atoms with Gasteiger partial charge in [0.25, 0.3) is 0 Å². The zero-order chi connectivity index (χ0) is 42.9. The number of hydrogen-bond acceptors (Lipinski definition) is 18. The first-order valence-corrected chi connectivity index (χ1v) is 22.7. The Labute approximate surface area is 364 Å². The van der Waals surface area contributed by atoms with Gasteiger partial charge in [0.1, 0.15) is 36.3 Å². The van der Waals surface area contributed by atoms with E-state index < -0.39 is 84.6 Å². The van der Waals surface area contributed by atoms with E-state index in [1.165, 1.54) is 13.8 Å². The van der Waals surface area contributed by atoms with Crippen molar-refractivity contribution < 1.29 is 111 Å². The number of amides is 2. The predicted molar refractivity (Wildman–Crippen MR) is 203 cm³/mol. The second-order valence-electron chi connectivity index (χ2n) is 13.3. The Morgan fingerprint density at radius 2 is 1.69 bits per heavy atom. The first kappa shape index (κ1) is 51.1. The monoisotopic (exact) mass is 923 g/mol. The van der Waals surface area contributed by atoms with E-state index in [0.29, 0.717) is 18.6 Å². The van der Waals surface area contributed by atoms with Crippen LogP contribution in [-0.2, 0) is 57.1 Å². The Morgan fingerprint density at radius 3 is 2.37 bits per heavy atom. The van der Waals surface area contributed by atoms with Crippen LogP contribution in [-0.4, -0.2) is 123 Å². The molecular weight excluding hydrogens is 878 g/mol. The molecule has 1 aromatic carbocycles. The molecule has 1 aliphatic heterocycles. The fourth-order valence-electron chi connectivity index (χ4n) is 5.26. The van der Waals surface area contributed by atoms with Crippen LogP contribution in [0, 0.1) is 5.41 Å². The van der Waals surface area contributed by atoms with Crippen LogP contribution >= 0.6 is 35.2 Å². The molecule has 3 heterocycles. The van der Waals surface area contributed by atoms with Gasteiger partial charge in [0.2, 0.25) is 11.8 Å². The van der Waals surface area contributed by atoms with E-state index in [2.05, 4.69) is 34.4 Å². The molecule has 7 atom stereocenters. The number of aliphatic hydroxyl groups excluding tert-OH is 2. The number of imidazole rings is 1. The number of fused-ring (bicyclic) bond motifs is 1. The van der Waals surface area contributed by atoms with E-state index in [9.17, 15) is 57.9 Å². The van der Waals surface area contributed by atoms with Crippen molar-refractivity contribution >= 4 is 69.1 Å². The van der Waals surface area contributed by atoms with E-state index in [4.69, 9.17) is 19.5 Å². The maximum absolute atomic E-state index is 12.7. The molecule has 0 bridgehead atoms. The van der Waals surface area contributed by atoms with Gasteiger partial charge in [-0.2, -0.15) is 4.31 Å². The smallest absolute Gasteiger partial charge is 1.00 e. The summed E-state index contributed by atoms with van der Waals surface area (Å²) in [7, 11) is -16.4. The molecule has 0 radical (unpaired) electrons. The Kier molecular flexibility index (Phi) is 19.3. The molecule has 1 saturated heterocycles. The molecule has 59 heavy (non-hydrogen) atoms. The molecule has 10 N–H and O–H groups in total. The number of aryl methyl sites for hydroxylation is 1. The number of phosphoric acid groups is 3. The number of nitrogen functional groups attached to an aromatic ring is 1. The number of ether oxygens (including phenoxy) is 1. The summed E-state index contributed by atoms with van der Waals surface area (Å²) in [4.78, 5) is 87.8. The van der Waals surface area contributed by atoms with Crippen LogP contribution in [0.15, 0.2) is 43.0 Å². The van der Waals surface area contributed by atoms with Crippen molar-refractivity contribution in [2.45, 2.75) is 63.8 Å². The van der Waals surface area contributed by atoms with E-state index in [-0.39, 0.29) is 72.6 Å². The molecular formula is C30H45N7NaO17P3S. The number of aliphatic hydroxyl groups is 2. The number of benzene rings is 1. The Balaban J connectivity index is 0.00000620. The summed E-state index contributed by atoms with van der Waals surface area (Å²) < 4.78 is 62.2. The van der Waals surface area contributed by atoms with Crippen molar-refractivity contribution in [1.29, 1.82) is 0 Å². The largest absolute Gasteiger partial charge is 1.00 e. The minimum atomic E-state index is -5.57. The fraction of sp³-hybridized carbons (Fsp3) is 0.533. The predicted octanol–water partition coefficient (Wildman–Crippen LogP) is -2.59. The molecule has 1 fully saturated rings. The summed E-state index contributed by atoms with van der Waals surface area (Å²) in [6.45, 7) is 0.494. The Hall–Kier alpha value is -2.22. The number of rotatable bonds is 22. The average Bonchev–Trinajstić information content (AvgIpc) is 3.71. The van der Waals surface area contributed by atoms with Gasteiger partial charge >= 0.3 is 53.0 Å². The minimum Gasteiger partial charge on any atom is -1.00 e. The second kappa shape index (κ2) is 22.2. The molecule has 24 nitrogen and oxygen atoms in total. The number of hydrogen-bond donors (Lipinski definition) is 9. The summed E-state index contributed by atoms with van der Waals surface area (Å²) in [5.74, 6) is -1.11. The van der Waals surface area contributed by atoms with Crippen LogP contribution in [0.1, 0.15) is 39.9 Å². The van der Waals surface area contributed by atoms with Crippen LogP contribution in [0.2, 0.25) is 0 Å². The van der Waals surface area contributed by atoms with Crippen molar-refractivity contribution in [3.63, 3.8) is 0 Å². The van der Waals surface area contributed by atoms with Crippen LogP contribution in [0.3, 0.4) is 0 Å². The average molecular weight is 924 g/mol. The number of anilines is 1. The Bertz CT molecular complexity index is 2060. The summed E-state index contributed by atoms with van der Waals surface area (Å²) in [5.41, 5.74) is 5.30. The third-order valence-corrected chi connectivity index (χ3v) is 12.3. The number of nitrogens with two attached hydrogens (primary N) is 1. The van der Waals surface area contributed by atoms with Crippen LogP contribution < -0.4 is 45.9 Å². The fourth-order valence-corrected chi connectivity index (χ4v) is 8.77. The number of thioether (sulfide) groups is 1. The van der Waals surface area contributed by atoms with Gasteiger partial charge in [-0.05, 0) is 12.0 Å². The molecule has 2 unspecified atom stereocenters. The standard InChI is InChI=1S/C30H44N7O17P3S.Na.H/c1-30(2,25(41)28(42)33-11-10-20(38)32-12-13-58-21(39)9-8-18-6-4-3-5-7-18)15-51-57(48,49)54-56(46,47)50-14-19-24(53-55(43,44)45)23(40)29(52-19)37-17-36-22-26(31)34-16-35-27(22)37;;/h3-7,16-17,19,23-25,29,40-41H,8-15H2,1-2H3,(H,32,38)(H,33,42)(H,46,47)(H,48,49)(H2,31,34,35)(H2,43,44,45);;/q;+1;-1/t19-,23-,24-,25+,29-;;/m1../s1. The van der Waals surface area contributed by atoms with E-state index in [0.717, 1.165) is 34.5 Å². The number of nitrogens with one attached hydrogen (secondary N) is 2. The van der Waals surface area contributed by atoms with Crippen LogP contribution in [0.4, 0.5) is 5.82 Å². The zero-order valence-electron chi connectivity index (χ0n) is 32.9. The number of carbonyl (C=O) groups is 3. The number of aromatic nitrogens is 4. The number of nitrogens with zero attached hydrogens (tertiary/aromatic N) is 4. The van der Waals surface area contributed by atoms with Gasteiger partial charge in [0.05, 0.1) is 19.5 Å². The van der Waals surface area contributed by atoms with Crippen molar-refractivity contribution in [3.05, 3.63) is 48.5 Å². The Morgan fingerprint density at radius 1 is 1.02 bits per heavy atom. The summed E-state index contributed by atoms with van der Waals surface area (Å²) >= 11 is 1.09. The molecule has 1 aliphatic rings. The first-order valence-electron chi connectivity index (χ1n) is 17.2. The topological polar surface area (TPSA) is 364 Å². The maximum Gasteiger partial charge on any atom is 1.00 e. The quantitative estimate of drug-likeness (QED) is 0.0284. The van der Waals surface area contributed by atoms with Crippen molar-refractivity contribution in [2.24, 2.45) is 5.41 Å². The molecule has 324 valence electrons. The van der Waals surface area contributed by atoms with Crippen LogP contribution in [0.5, 0.6) is 0 Å². The van der Waals surface area contributed by atoms with Gasteiger partial charge in [-0.25, -0.2) is 28.6 Å². The molecule has 2 amide bonds. The molecule has 0 spiro atoms. The van der Waals surface area contributed by atoms with Crippen LogP contribution in [0.25, 0.3) is 11.2 Å². The number of phosphoric ester groups is 3. The van der Waals surface area contributed by atoms with Gasteiger partial charge in [-0.15, -0.1) is 0 Å². The van der Waals surface area contributed by atoms with Gasteiger partial charge in [0.15, 0.2) is 22.8 Å². The van der Waals surface area contributed by atoms with Gasteiger partial charge in [-0.3, -0.25) is 32.5 Å². The van der Waals surface area contributed by atoms with Gasteiger partial charge < -0.3 is 52.3 Å². The molecule has 3 aromatic rings. The maximum atomic E-state index is 12.7.